The Labute approximate surface area is 204 Å². The van der Waals surface area contributed by atoms with E-state index in [1.807, 2.05) is 7.05 Å². The molecule has 2 aromatic carbocycles. The molecular formula is C21H27ClN4O6S2. The van der Waals surface area contributed by atoms with E-state index in [0.29, 0.717) is 31.9 Å². The average Bonchev–Trinajstić information content (AvgIpc) is 2.79. The Kier molecular flexibility index (Phi) is 8.22. The lowest BCUT2D eigenvalue weighted by Gasteiger charge is -2.31. The molecule has 1 fully saturated rings. The molecule has 2 N–H and O–H groups in total. The Hall–Kier alpha value is -2.22. The third-order valence-corrected chi connectivity index (χ3v) is 9.07. The van der Waals surface area contributed by atoms with Gasteiger partial charge in [-0.1, -0.05) is 11.6 Å². The quantitative estimate of drug-likeness (QED) is 0.531. The van der Waals surface area contributed by atoms with Crippen LogP contribution in [0.4, 0.5) is 5.69 Å². The lowest BCUT2D eigenvalue weighted by atomic mass is 10.3. The van der Waals surface area contributed by atoms with Gasteiger partial charge in [0.25, 0.3) is 0 Å². The second kappa shape index (κ2) is 10.6. The summed E-state index contributed by atoms with van der Waals surface area (Å²) in [5.41, 5.74) is 0.328. The number of sulfonamides is 2. The van der Waals surface area contributed by atoms with E-state index >= 15 is 0 Å². The van der Waals surface area contributed by atoms with Crippen molar-refractivity contribution in [3.05, 3.63) is 47.5 Å². The first kappa shape index (κ1) is 26.4. The summed E-state index contributed by atoms with van der Waals surface area (Å²) in [6.07, 6.45) is 0. The van der Waals surface area contributed by atoms with Crippen LogP contribution < -0.4 is 14.8 Å². The zero-order valence-corrected chi connectivity index (χ0v) is 21.4. The smallest absolute Gasteiger partial charge is 0.245 e. The predicted molar refractivity (Wildman–Crippen MR) is 129 cm³/mol. The number of halogens is 1. The number of anilines is 1. The van der Waals surface area contributed by atoms with Crippen LogP contribution in [0.15, 0.2) is 52.3 Å². The van der Waals surface area contributed by atoms with Crippen LogP contribution >= 0.6 is 11.6 Å². The van der Waals surface area contributed by atoms with E-state index in [1.165, 1.54) is 60.8 Å². The monoisotopic (exact) mass is 530 g/mol. The molecule has 0 saturated carbocycles. The van der Waals surface area contributed by atoms with E-state index in [2.05, 4.69) is 14.9 Å². The number of rotatable bonds is 8. The van der Waals surface area contributed by atoms with E-state index in [0.717, 1.165) is 0 Å². The van der Waals surface area contributed by atoms with Gasteiger partial charge < -0.3 is 15.0 Å². The number of hydrogen-bond acceptors (Lipinski definition) is 7. The Balaban J connectivity index is 1.67. The molecule has 0 aromatic heterocycles. The van der Waals surface area contributed by atoms with Gasteiger partial charge in [0, 0.05) is 36.9 Å². The lowest BCUT2D eigenvalue weighted by molar-refractivity contribution is -0.117. The van der Waals surface area contributed by atoms with Crippen LogP contribution in [-0.2, 0) is 24.8 Å². The first-order valence-corrected chi connectivity index (χ1v) is 13.7. The molecule has 0 bridgehead atoms. The predicted octanol–water partition coefficient (Wildman–Crippen LogP) is 1.59. The molecule has 13 heteroatoms. The average molecular weight is 531 g/mol. The van der Waals surface area contributed by atoms with Crippen LogP contribution in [-0.4, -0.2) is 78.3 Å². The Bertz CT molecular complexity index is 1240. The van der Waals surface area contributed by atoms with E-state index in [1.54, 1.807) is 0 Å². The molecule has 1 amide bonds. The first-order valence-electron chi connectivity index (χ1n) is 10.4. The molecule has 1 aliphatic heterocycles. The first-order chi connectivity index (χ1) is 15.9. The van der Waals surface area contributed by atoms with Gasteiger partial charge in [-0.3, -0.25) is 4.79 Å². The summed E-state index contributed by atoms with van der Waals surface area (Å²) in [7, 11) is -4.48. The number of methoxy groups -OCH3 is 1. The van der Waals surface area contributed by atoms with Crippen molar-refractivity contribution in [2.45, 2.75) is 22.8 Å². The summed E-state index contributed by atoms with van der Waals surface area (Å²) in [5.74, 6) is -0.541. The van der Waals surface area contributed by atoms with E-state index in [9.17, 15) is 21.6 Å². The Morgan fingerprint density at radius 3 is 2.24 bits per heavy atom. The highest BCUT2D eigenvalue weighted by molar-refractivity contribution is 7.89. The van der Waals surface area contributed by atoms with Gasteiger partial charge in [-0.05, 0) is 56.4 Å². The SMILES string of the molecule is COc1ccc(Cl)cc1S(=O)(=O)NC(C)C(=O)Nc1ccc(S(=O)(=O)N2CCN(C)CC2)cc1. The fourth-order valence-electron chi connectivity index (χ4n) is 3.35. The van der Waals surface area contributed by atoms with Crippen LogP contribution in [0, 0.1) is 0 Å². The maximum Gasteiger partial charge on any atom is 0.245 e. The maximum atomic E-state index is 12.8. The molecular weight excluding hydrogens is 504 g/mol. The van der Waals surface area contributed by atoms with Crippen LogP contribution in [0.1, 0.15) is 6.92 Å². The zero-order valence-electron chi connectivity index (χ0n) is 19.0. The molecule has 3 rings (SSSR count). The summed E-state index contributed by atoms with van der Waals surface area (Å²) < 4.78 is 60.0. The summed E-state index contributed by atoms with van der Waals surface area (Å²) in [4.78, 5) is 14.6. The summed E-state index contributed by atoms with van der Waals surface area (Å²) in [5, 5.41) is 2.78. The standard InChI is InChI=1S/C21H27ClN4O6S2/c1-15(24-33(28,29)20-14-16(22)4-9-19(20)32-3)21(27)23-17-5-7-18(8-6-17)34(30,31)26-12-10-25(2)11-13-26/h4-9,14-15,24H,10-13H2,1-3H3,(H,23,27). The summed E-state index contributed by atoms with van der Waals surface area (Å²) >= 11 is 5.91. The molecule has 186 valence electrons. The Morgan fingerprint density at radius 1 is 1.03 bits per heavy atom. The lowest BCUT2D eigenvalue weighted by Crippen LogP contribution is -2.47. The van der Waals surface area contributed by atoms with Crippen molar-refractivity contribution < 1.29 is 26.4 Å². The van der Waals surface area contributed by atoms with Crippen molar-refractivity contribution >= 4 is 43.2 Å². The van der Waals surface area contributed by atoms with Crippen molar-refractivity contribution in [1.82, 2.24) is 13.9 Å². The molecule has 10 nitrogen and oxygen atoms in total. The summed E-state index contributed by atoms with van der Waals surface area (Å²) in [6.45, 7) is 3.51. The highest BCUT2D eigenvalue weighted by Crippen LogP contribution is 2.27. The van der Waals surface area contributed by atoms with Crippen LogP contribution in [0.5, 0.6) is 5.75 Å². The van der Waals surface area contributed by atoms with Crippen molar-refractivity contribution in [1.29, 1.82) is 0 Å². The fourth-order valence-corrected chi connectivity index (χ4v) is 6.41. The minimum atomic E-state index is -4.11. The molecule has 1 unspecified atom stereocenters. The van der Waals surface area contributed by atoms with E-state index < -0.39 is 32.0 Å². The molecule has 1 aliphatic rings. The second-order valence-electron chi connectivity index (χ2n) is 7.86. The second-order valence-corrected chi connectivity index (χ2v) is 11.9. The van der Waals surface area contributed by atoms with Crippen LogP contribution in [0.2, 0.25) is 5.02 Å². The number of carbonyl (C=O) groups is 1. The third-order valence-electron chi connectivity index (χ3n) is 5.36. The number of benzene rings is 2. The molecule has 0 aliphatic carbocycles. The molecule has 0 radical (unpaired) electrons. The molecule has 34 heavy (non-hydrogen) atoms. The minimum absolute atomic E-state index is 0.0849. The van der Waals surface area contributed by atoms with Gasteiger partial charge in [0.1, 0.15) is 10.6 Å². The van der Waals surface area contributed by atoms with Crippen molar-refractivity contribution in [2.75, 3.05) is 45.7 Å². The molecule has 1 atom stereocenters. The number of likely N-dealkylation sites (N-methyl/N-ethyl adjacent to an activating group) is 1. The van der Waals surface area contributed by atoms with Gasteiger partial charge in [0.05, 0.1) is 18.0 Å². The third kappa shape index (κ3) is 6.06. The number of nitrogens with zero attached hydrogens (tertiary/aromatic N) is 2. The number of nitrogens with one attached hydrogen (secondary N) is 2. The molecule has 2 aromatic rings. The van der Waals surface area contributed by atoms with Gasteiger partial charge in [-0.15, -0.1) is 0 Å². The Morgan fingerprint density at radius 2 is 1.65 bits per heavy atom. The van der Waals surface area contributed by atoms with Gasteiger partial charge in [-0.25, -0.2) is 16.8 Å². The molecule has 1 saturated heterocycles. The van der Waals surface area contributed by atoms with Crippen LogP contribution in [0.25, 0.3) is 0 Å². The van der Waals surface area contributed by atoms with Gasteiger partial charge in [0.15, 0.2) is 0 Å². The summed E-state index contributed by atoms with van der Waals surface area (Å²) in [6, 6.07) is 8.74. The number of ether oxygens (including phenoxy) is 1. The normalized spacial score (nSPS) is 16.7. The van der Waals surface area contributed by atoms with Gasteiger partial charge in [-0.2, -0.15) is 9.03 Å². The van der Waals surface area contributed by atoms with Gasteiger partial charge >= 0.3 is 0 Å². The highest BCUT2D eigenvalue weighted by atomic mass is 35.5. The number of piperazine rings is 1. The molecule has 1 heterocycles. The van der Waals surface area contributed by atoms with Crippen molar-refractivity contribution in [3.8, 4) is 5.75 Å². The van der Waals surface area contributed by atoms with Gasteiger partial charge in [0.2, 0.25) is 26.0 Å². The van der Waals surface area contributed by atoms with E-state index in [4.69, 9.17) is 16.3 Å². The largest absolute Gasteiger partial charge is 0.495 e. The zero-order chi connectivity index (χ0) is 25.1. The topological polar surface area (TPSA) is 125 Å². The highest BCUT2D eigenvalue weighted by Gasteiger charge is 2.28. The maximum absolute atomic E-state index is 12.8. The molecule has 0 spiro atoms. The van der Waals surface area contributed by atoms with E-state index in [-0.39, 0.29) is 20.6 Å². The van der Waals surface area contributed by atoms with Crippen molar-refractivity contribution in [3.63, 3.8) is 0 Å². The van der Waals surface area contributed by atoms with Crippen LogP contribution in [0.3, 0.4) is 0 Å². The number of amides is 1. The number of carbonyl (C=O) groups excluding carboxylic acids is 1. The number of hydrogen-bond donors (Lipinski definition) is 2. The van der Waals surface area contributed by atoms with Crippen molar-refractivity contribution in [2.24, 2.45) is 0 Å². The fraction of sp³-hybridized carbons (Fsp3) is 0.381. The minimum Gasteiger partial charge on any atom is -0.495 e.